The van der Waals surface area contributed by atoms with Crippen LogP contribution in [0.3, 0.4) is 0 Å². The molecule has 0 bridgehead atoms. The standard InChI is InChI=1S/C22H24FN2O3P/c1-16(2)21-20(14-15-29(26,27-3)28-4)22(17-10-12-18(23)13-11-17)25(24-21)19-8-6-5-7-9-19/h5-16H,1-4H3/b15-14+. The molecule has 0 unspecified atom stereocenters. The molecule has 152 valence electrons. The summed E-state index contributed by atoms with van der Waals surface area (Å²) in [5, 5.41) is 4.83. The van der Waals surface area contributed by atoms with Crippen LogP contribution in [0.25, 0.3) is 23.0 Å². The largest absolute Gasteiger partial charge is 0.353 e. The maximum absolute atomic E-state index is 13.5. The summed E-state index contributed by atoms with van der Waals surface area (Å²) in [6.07, 6.45) is 1.72. The lowest BCUT2D eigenvalue weighted by molar-refractivity contribution is 0.286. The lowest BCUT2D eigenvalue weighted by atomic mass is 10.00. The Bertz CT molecular complexity index is 1040. The Morgan fingerprint density at radius 1 is 1.03 bits per heavy atom. The number of hydrogen-bond acceptors (Lipinski definition) is 4. The Balaban J connectivity index is 2.30. The zero-order valence-electron chi connectivity index (χ0n) is 16.9. The fourth-order valence-corrected chi connectivity index (χ4v) is 3.77. The van der Waals surface area contributed by atoms with Gasteiger partial charge in [0.1, 0.15) is 5.82 Å². The molecule has 0 spiro atoms. The molecule has 3 rings (SSSR count). The van der Waals surface area contributed by atoms with Crippen molar-refractivity contribution in [3.05, 3.63) is 77.5 Å². The van der Waals surface area contributed by atoms with E-state index in [1.54, 1.807) is 18.2 Å². The van der Waals surface area contributed by atoms with Gasteiger partial charge in [-0.1, -0.05) is 32.0 Å². The normalized spacial score (nSPS) is 12.2. The fourth-order valence-electron chi connectivity index (χ4n) is 3.04. The second kappa shape index (κ2) is 8.87. The highest BCUT2D eigenvalue weighted by molar-refractivity contribution is 7.57. The van der Waals surface area contributed by atoms with Gasteiger partial charge < -0.3 is 9.05 Å². The van der Waals surface area contributed by atoms with Crippen molar-refractivity contribution in [2.24, 2.45) is 0 Å². The van der Waals surface area contributed by atoms with Crippen molar-refractivity contribution in [2.45, 2.75) is 19.8 Å². The average molecular weight is 414 g/mol. The Hall–Kier alpha value is -2.53. The maximum Gasteiger partial charge on any atom is 0.353 e. The van der Waals surface area contributed by atoms with Crippen LogP contribution in [0.2, 0.25) is 0 Å². The lowest BCUT2D eigenvalue weighted by Crippen LogP contribution is -2.00. The summed E-state index contributed by atoms with van der Waals surface area (Å²) in [6.45, 7) is 4.07. The van der Waals surface area contributed by atoms with E-state index >= 15 is 0 Å². The molecule has 29 heavy (non-hydrogen) atoms. The summed E-state index contributed by atoms with van der Waals surface area (Å²) in [6, 6.07) is 15.9. The van der Waals surface area contributed by atoms with Crippen molar-refractivity contribution in [3.63, 3.8) is 0 Å². The minimum Gasteiger partial charge on any atom is -0.309 e. The van der Waals surface area contributed by atoms with Gasteiger partial charge in [0.05, 0.1) is 17.1 Å². The average Bonchev–Trinajstić information content (AvgIpc) is 3.13. The maximum atomic E-state index is 13.5. The van der Waals surface area contributed by atoms with Gasteiger partial charge in [-0.05, 0) is 48.4 Å². The van der Waals surface area contributed by atoms with E-state index in [1.165, 1.54) is 32.2 Å². The van der Waals surface area contributed by atoms with Crippen molar-refractivity contribution < 1.29 is 18.0 Å². The highest BCUT2D eigenvalue weighted by atomic mass is 31.2. The number of nitrogens with zero attached hydrogens (tertiary/aromatic N) is 2. The van der Waals surface area contributed by atoms with E-state index in [-0.39, 0.29) is 11.7 Å². The first-order valence-electron chi connectivity index (χ1n) is 9.23. The monoisotopic (exact) mass is 414 g/mol. The van der Waals surface area contributed by atoms with Gasteiger partial charge in [-0.15, -0.1) is 0 Å². The fraction of sp³-hybridized carbons (Fsp3) is 0.227. The van der Waals surface area contributed by atoms with E-state index in [4.69, 9.17) is 14.1 Å². The van der Waals surface area contributed by atoms with Gasteiger partial charge in [-0.25, -0.2) is 9.07 Å². The molecule has 1 aromatic heterocycles. The summed E-state index contributed by atoms with van der Waals surface area (Å²) < 4.78 is 38.0. The molecule has 0 aliphatic rings. The first-order chi connectivity index (χ1) is 13.9. The van der Waals surface area contributed by atoms with Crippen LogP contribution in [0.15, 0.2) is 60.4 Å². The summed E-state index contributed by atoms with van der Waals surface area (Å²) in [4.78, 5) is 0. The molecule has 5 nitrogen and oxygen atoms in total. The van der Waals surface area contributed by atoms with Gasteiger partial charge in [0.2, 0.25) is 0 Å². The predicted octanol–water partition coefficient (Wildman–Crippen LogP) is 6.26. The highest BCUT2D eigenvalue weighted by Crippen LogP contribution is 2.49. The van der Waals surface area contributed by atoms with Gasteiger partial charge in [-0.3, -0.25) is 4.57 Å². The van der Waals surface area contributed by atoms with E-state index < -0.39 is 7.60 Å². The van der Waals surface area contributed by atoms with Gasteiger partial charge in [-0.2, -0.15) is 5.10 Å². The van der Waals surface area contributed by atoms with Crippen LogP contribution in [0.1, 0.15) is 31.0 Å². The van der Waals surface area contributed by atoms with Crippen molar-refractivity contribution >= 4 is 13.7 Å². The first kappa shape index (κ1) is 21.2. The van der Waals surface area contributed by atoms with Gasteiger partial charge in [0.25, 0.3) is 0 Å². The van der Waals surface area contributed by atoms with Crippen molar-refractivity contribution in [2.75, 3.05) is 14.2 Å². The third-order valence-electron chi connectivity index (χ3n) is 4.55. The Labute approximate surface area is 170 Å². The SMILES string of the molecule is COP(=O)(/C=C/c1c(C(C)C)nn(-c2ccccc2)c1-c1ccc(F)cc1)OC. The van der Waals surface area contributed by atoms with E-state index in [1.807, 2.05) is 48.9 Å². The molecule has 0 atom stereocenters. The smallest absolute Gasteiger partial charge is 0.309 e. The van der Waals surface area contributed by atoms with E-state index in [0.717, 1.165) is 28.2 Å². The molecule has 0 N–H and O–H groups in total. The quantitative estimate of drug-likeness (QED) is 0.428. The number of halogens is 1. The molecule has 0 saturated heterocycles. The highest BCUT2D eigenvalue weighted by Gasteiger charge is 2.23. The van der Waals surface area contributed by atoms with Crippen LogP contribution < -0.4 is 0 Å². The Kier molecular flexibility index (Phi) is 6.48. The first-order valence-corrected chi connectivity index (χ1v) is 10.8. The molecule has 0 aliphatic heterocycles. The molecule has 7 heteroatoms. The summed E-state index contributed by atoms with van der Waals surface area (Å²) in [5.74, 6) is 1.21. The third kappa shape index (κ3) is 4.56. The topological polar surface area (TPSA) is 53.3 Å². The molecule has 0 saturated carbocycles. The zero-order valence-corrected chi connectivity index (χ0v) is 17.8. The van der Waals surface area contributed by atoms with Crippen molar-refractivity contribution in [3.8, 4) is 16.9 Å². The van der Waals surface area contributed by atoms with E-state index in [0.29, 0.717) is 0 Å². The molecular formula is C22H24FN2O3P. The molecule has 0 aliphatic carbocycles. The van der Waals surface area contributed by atoms with Crippen LogP contribution in [-0.4, -0.2) is 24.0 Å². The van der Waals surface area contributed by atoms with E-state index in [2.05, 4.69) is 0 Å². The number of para-hydroxylation sites is 1. The van der Waals surface area contributed by atoms with Crippen molar-refractivity contribution in [1.82, 2.24) is 9.78 Å². The molecule has 1 heterocycles. The Morgan fingerprint density at radius 3 is 2.21 bits per heavy atom. The van der Waals surface area contributed by atoms with Crippen LogP contribution in [0.5, 0.6) is 0 Å². The third-order valence-corrected chi connectivity index (χ3v) is 6.08. The number of aromatic nitrogens is 2. The number of benzene rings is 2. The minimum atomic E-state index is -3.36. The molecule has 0 radical (unpaired) electrons. The summed E-state index contributed by atoms with van der Waals surface area (Å²) in [5.41, 5.74) is 4.04. The second-order valence-electron chi connectivity index (χ2n) is 6.78. The molecule has 2 aromatic carbocycles. The number of hydrogen-bond donors (Lipinski definition) is 0. The van der Waals surface area contributed by atoms with Crippen LogP contribution >= 0.6 is 7.60 Å². The van der Waals surface area contributed by atoms with Gasteiger partial charge >= 0.3 is 7.60 Å². The summed E-state index contributed by atoms with van der Waals surface area (Å²) >= 11 is 0. The van der Waals surface area contributed by atoms with Crippen LogP contribution in [0, 0.1) is 5.82 Å². The van der Waals surface area contributed by atoms with Crippen molar-refractivity contribution in [1.29, 1.82) is 0 Å². The minimum absolute atomic E-state index is 0.100. The molecular weight excluding hydrogens is 390 g/mol. The molecule has 0 amide bonds. The van der Waals surface area contributed by atoms with Crippen LogP contribution in [-0.2, 0) is 13.6 Å². The number of rotatable bonds is 7. The molecule has 0 fully saturated rings. The van der Waals surface area contributed by atoms with Crippen LogP contribution in [0.4, 0.5) is 4.39 Å². The van der Waals surface area contributed by atoms with Gasteiger partial charge in [0, 0.05) is 31.2 Å². The Morgan fingerprint density at radius 2 is 1.66 bits per heavy atom. The van der Waals surface area contributed by atoms with E-state index in [9.17, 15) is 8.96 Å². The predicted molar refractivity (Wildman–Crippen MR) is 114 cm³/mol. The summed E-state index contributed by atoms with van der Waals surface area (Å²) in [7, 11) is -0.677. The molecule has 3 aromatic rings. The van der Waals surface area contributed by atoms with Gasteiger partial charge in [0.15, 0.2) is 0 Å². The second-order valence-corrected chi connectivity index (χ2v) is 8.89. The zero-order chi connectivity index (χ0) is 21.0. The lowest BCUT2D eigenvalue weighted by Gasteiger charge is -2.11.